The van der Waals surface area contributed by atoms with Gasteiger partial charge in [0.05, 0.1) is 5.02 Å². The molecule has 1 fully saturated rings. The van der Waals surface area contributed by atoms with Crippen molar-refractivity contribution in [1.29, 1.82) is 0 Å². The summed E-state index contributed by atoms with van der Waals surface area (Å²) >= 11 is 6.18. The van der Waals surface area contributed by atoms with Crippen LogP contribution in [-0.4, -0.2) is 32.9 Å². The number of nitrogens with zero attached hydrogens (tertiary/aromatic N) is 3. The lowest BCUT2D eigenvalue weighted by molar-refractivity contribution is -0.130. The van der Waals surface area contributed by atoms with Crippen LogP contribution in [0.15, 0.2) is 12.3 Å². The maximum atomic E-state index is 11.9. The van der Waals surface area contributed by atoms with Crippen molar-refractivity contribution in [1.82, 2.24) is 14.5 Å². The van der Waals surface area contributed by atoms with Gasteiger partial charge in [-0.1, -0.05) is 11.6 Å². The molecule has 2 aromatic heterocycles. The first kappa shape index (κ1) is 13.1. The van der Waals surface area contributed by atoms with Crippen LogP contribution >= 0.6 is 11.6 Å². The van der Waals surface area contributed by atoms with E-state index in [1.54, 1.807) is 6.20 Å². The molecular formula is C16H18ClN3O. The molecule has 0 N–H and O–H groups in total. The molecule has 1 amide bonds. The van der Waals surface area contributed by atoms with Crippen LogP contribution < -0.4 is 0 Å². The molecule has 5 heteroatoms. The van der Waals surface area contributed by atoms with Gasteiger partial charge in [-0.15, -0.1) is 0 Å². The van der Waals surface area contributed by atoms with Crippen LogP contribution in [0.25, 0.3) is 11.0 Å². The van der Waals surface area contributed by atoms with Crippen molar-refractivity contribution >= 4 is 28.5 Å². The van der Waals surface area contributed by atoms with Crippen molar-refractivity contribution < 1.29 is 4.79 Å². The molecular weight excluding hydrogens is 286 g/mol. The smallest absolute Gasteiger partial charge is 0.222 e. The molecule has 0 aromatic carbocycles. The summed E-state index contributed by atoms with van der Waals surface area (Å²) in [5.41, 5.74) is 3.40. The van der Waals surface area contributed by atoms with E-state index in [1.165, 1.54) is 5.69 Å². The molecule has 1 unspecified atom stereocenters. The first-order chi connectivity index (χ1) is 10.1. The number of fused-ring (bicyclic) bond motifs is 3. The van der Waals surface area contributed by atoms with E-state index in [1.807, 2.05) is 6.92 Å². The van der Waals surface area contributed by atoms with E-state index >= 15 is 0 Å². The number of aryl methyl sites for hydroxylation is 2. The minimum atomic E-state index is 0.321. The zero-order valence-electron chi connectivity index (χ0n) is 12.1. The summed E-state index contributed by atoms with van der Waals surface area (Å²) in [6.45, 7) is 3.90. The van der Waals surface area contributed by atoms with Gasteiger partial charge in [0.2, 0.25) is 5.91 Å². The summed E-state index contributed by atoms with van der Waals surface area (Å²) in [5, 5.41) is 1.86. The summed E-state index contributed by atoms with van der Waals surface area (Å²) in [6, 6.07) is 2.56. The van der Waals surface area contributed by atoms with E-state index in [9.17, 15) is 4.79 Å². The fourth-order valence-electron chi connectivity index (χ4n) is 3.71. The van der Waals surface area contributed by atoms with E-state index in [-0.39, 0.29) is 0 Å². The average Bonchev–Trinajstić information content (AvgIpc) is 3.06. The maximum absolute atomic E-state index is 11.9. The first-order valence-corrected chi connectivity index (χ1v) is 7.95. The molecule has 21 heavy (non-hydrogen) atoms. The summed E-state index contributed by atoms with van der Waals surface area (Å²) in [4.78, 5) is 18.5. The average molecular weight is 304 g/mol. The highest BCUT2D eigenvalue weighted by Gasteiger charge is 2.31. The number of likely N-dealkylation sites (tertiary alicyclic amines) is 1. The standard InChI is InChI=1S/C16H18ClN3O/c1-10-13-8-12-7-11(19-5-2-3-15(19)21)4-6-20(12)16(13)18-9-14(10)17/h8-9,11H,2-7H2,1H3. The Bertz CT molecular complexity index is 737. The maximum Gasteiger partial charge on any atom is 0.222 e. The Hall–Kier alpha value is -1.55. The largest absolute Gasteiger partial charge is 0.339 e. The molecule has 2 aliphatic rings. The third-order valence-electron chi connectivity index (χ3n) is 4.90. The molecule has 2 aromatic rings. The number of aromatic nitrogens is 2. The van der Waals surface area contributed by atoms with Gasteiger partial charge >= 0.3 is 0 Å². The SMILES string of the molecule is Cc1c(Cl)cnc2c1cc1n2CCC(N2CCCC2=O)C1. The number of amides is 1. The van der Waals surface area contributed by atoms with Crippen LogP contribution in [0.2, 0.25) is 5.02 Å². The Morgan fingerprint density at radius 2 is 2.24 bits per heavy atom. The molecule has 4 nitrogen and oxygen atoms in total. The Kier molecular flexibility index (Phi) is 2.96. The van der Waals surface area contributed by atoms with E-state index in [0.29, 0.717) is 11.9 Å². The van der Waals surface area contributed by atoms with Gasteiger partial charge in [-0.05, 0) is 31.4 Å². The number of hydrogen-bond acceptors (Lipinski definition) is 2. The number of carbonyl (C=O) groups is 1. The molecule has 0 radical (unpaired) electrons. The summed E-state index contributed by atoms with van der Waals surface area (Å²) < 4.78 is 2.29. The number of pyridine rings is 1. The highest BCUT2D eigenvalue weighted by atomic mass is 35.5. The van der Waals surface area contributed by atoms with Crippen LogP contribution in [0.1, 0.15) is 30.5 Å². The third kappa shape index (κ3) is 1.96. The van der Waals surface area contributed by atoms with Gasteiger partial charge in [-0.3, -0.25) is 4.79 Å². The normalized spacial score (nSPS) is 22.1. The molecule has 0 aliphatic carbocycles. The van der Waals surface area contributed by atoms with Crippen LogP contribution in [-0.2, 0) is 17.8 Å². The monoisotopic (exact) mass is 303 g/mol. The van der Waals surface area contributed by atoms with E-state index in [2.05, 4.69) is 20.5 Å². The Morgan fingerprint density at radius 3 is 3.00 bits per heavy atom. The van der Waals surface area contributed by atoms with Crippen LogP contribution in [0.3, 0.4) is 0 Å². The second-order valence-electron chi connectivity index (χ2n) is 6.09. The lowest BCUT2D eigenvalue weighted by Gasteiger charge is -2.32. The highest BCUT2D eigenvalue weighted by molar-refractivity contribution is 6.32. The predicted molar refractivity (Wildman–Crippen MR) is 82.5 cm³/mol. The molecule has 1 saturated heterocycles. The van der Waals surface area contributed by atoms with Gasteiger partial charge in [0.25, 0.3) is 0 Å². The zero-order chi connectivity index (χ0) is 14.6. The molecule has 2 aliphatic heterocycles. The van der Waals surface area contributed by atoms with Crippen molar-refractivity contribution in [2.75, 3.05) is 6.54 Å². The van der Waals surface area contributed by atoms with Gasteiger partial charge in [-0.25, -0.2) is 4.98 Å². The number of hydrogen-bond donors (Lipinski definition) is 0. The Balaban J connectivity index is 1.73. The van der Waals surface area contributed by atoms with Crippen LogP contribution in [0.5, 0.6) is 0 Å². The quantitative estimate of drug-likeness (QED) is 0.812. The Morgan fingerprint density at radius 1 is 1.38 bits per heavy atom. The fraction of sp³-hybridized carbons (Fsp3) is 0.500. The second kappa shape index (κ2) is 4.73. The first-order valence-electron chi connectivity index (χ1n) is 7.58. The molecule has 0 saturated carbocycles. The van der Waals surface area contributed by atoms with Crippen molar-refractivity contribution in [3.8, 4) is 0 Å². The van der Waals surface area contributed by atoms with Gasteiger partial charge < -0.3 is 9.47 Å². The molecule has 110 valence electrons. The number of halogens is 1. The molecule has 1 atom stereocenters. The summed E-state index contributed by atoms with van der Waals surface area (Å²) in [6.07, 6.45) is 5.41. The topological polar surface area (TPSA) is 38.1 Å². The lowest BCUT2D eigenvalue weighted by atomic mass is 10.0. The minimum Gasteiger partial charge on any atom is -0.339 e. The molecule has 0 spiro atoms. The number of carbonyl (C=O) groups excluding carboxylic acids is 1. The van der Waals surface area contributed by atoms with E-state index < -0.39 is 0 Å². The fourth-order valence-corrected chi connectivity index (χ4v) is 3.86. The molecule has 0 bridgehead atoms. The van der Waals surface area contributed by atoms with Crippen molar-refractivity contribution in [3.05, 3.63) is 28.5 Å². The van der Waals surface area contributed by atoms with Gasteiger partial charge in [0, 0.05) is 49.2 Å². The molecule has 4 heterocycles. The third-order valence-corrected chi connectivity index (χ3v) is 5.28. The van der Waals surface area contributed by atoms with Crippen molar-refractivity contribution in [2.45, 2.75) is 45.2 Å². The zero-order valence-corrected chi connectivity index (χ0v) is 12.9. The van der Waals surface area contributed by atoms with Gasteiger partial charge in [0.1, 0.15) is 5.65 Å². The minimum absolute atomic E-state index is 0.321. The van der Waals surface area contributed by atoms with Crippen molar-refractivity contribution in [3.63, 3.8) is 0 Å². The summed E-state index contributed by atoms with van der Waals surface area (Å²) in [5.74, 6) is 0.321. The van der Waals surface area contributed by atoms with Crippen molar-refractivity contribution in [2.24, 2.45) is 0 Å². The summed E-state index contributed by atoms with van der Waals surface area (Å²) in [7, 11) is 0. The van der Waals surface area contributed by atoms with E-state index in [4.69, 9.17) is 11.6 Å². The lowest BCUT2D eigenvalue weighted by Crippen LogP contribution is -2.41. The van der Waals surface area contributed by atoms with E-state index in [0.717, 1.165) is 60.4 Å². The number of rotatable bonds is 1. The van der Waals surface area contributed by atoms with Gasteiger partial charge in [-0.2, -0.15) is 0 Å². The second-order valence-corrected chi connectivity index (χ2v) is 6.50. The molecule has 4 rings (SSSR count). The Labute approximate surface area is 128 Å². The highest BCUT2D eigenvalue weighted by Crippen LogP contribution is 2.31. The predicted octanol–water partition coefficient (Wildman–Crippen LogP) is 2.94. The van der Waals surface area contributed by atoms with Crippen LogP contribution in [0.4, 0.5) is 0 Å². The van der Waals surface area contributed by atoms with Crippen LogP contribution in [0, 0.1) is 6.92 Å². The van der Waals surface area contributed by atoms with Gasteiger partial charge in [0.15, 0.2) is 0 Å².